The summed E-state index contributed by atoms with van der Waals surface area (Å²) in [4.78, 5) is 14.0. The number of rotatable bonds is 3. The monoisotopic (exact) mass is 189 g/mol. The molecule has 12 heavy (non-hydrogen) atoms. The Hall–Kier alpha value is -0.970. The molecule has 0 atom stereocenters. The van der Waals surface area contributed by atoms with E-state index in [1.165, 1.54) is 0 Å². The molecule has 1 rings (SSSR count). The summed E-state index contributed by atoms with van der Waals surface area (Å²) in [7, 11) is 0. The van der Waals surface area contributed by atoms with Crippen molar-refractivity contribution in [3.05, 3.63) is 15.8 Å². The van der Waals surface area contributed by atoms with Gasteiger partial charge >= 0.3 is 5.97 Å². The van der Waals surface area contributed by atoms with E-state index >= 15 is 0 Å². The van der Waals surface area contributed by atoms with Gasteiger partial charge in [-0.25, -0.2) is 9.78 Å². The lowest BCUT2D eigenvalue weighted by molar-refractivity contribution is 0.0700. The van der Waals surface area contributed by atoms with Crippen LogP contribution in [0.3, 0.4) is 0 Å². The van der Waals surface area contributed by atoms with E-state index < -0.39 is 11.2 Å². The van der Waals surface area contributed by atoms with Gasteiger partial charge in [0, 0.05) is 0 Å². The Morgan fingerprint density at radius 3 is 2.92 bits per heavy atom. The SMILES string of the molecule is CCCc1nc(F)sc1C(=O)O. The zero-order valence-corrected chi connectivity index (χ0v) is 7.32. The Morgan fingerprint density at radius 2 is 2.42 bits per heavy atom. The van der Waals surface area contributed by atoms with E-state index in [0.717, 1.165) is 6.42 Å². The van der Waals surface area contributed by atoms with Gasteiger partial charge in [0.05, 0.1) is 5.69 Å². The Bertz CT molecular complexity index is 298. The maximum atomic E-state index is 12.5. The van der Waals surface area contributed by atoms with E-state index in [0.29, 0.717) is 23.5 Å². The van der Waals surface area contributed by atoms with Crippen molar-refractivity contribution in [2.45, 2.75) is 19.8 Å². The van der Waals surface area contributed by atoms with E-state index in [9.17, 15) is 9.18 Å². The molecule has 0 unspecified atom stereocenters. The predicted molar refractivity (Wildman–Crippen MR) is 43.0 cm³/mol. The molecule has 0 amide bonds. The summed E-state index contributed by atoms with van der Waals surface area (Å²) < 4.78 is 12.5. The second kappa shape index (κ2) is 3.62. The van der Waals surface area contributed by atoms with Crippen LogP contribution in [-0.4, -0.2) is 16.1 Å². The number of hydrogen-bond donors (Lipinski definition) is 1. The minimum absolute atomic E-state index is 0.0225. The summed E-state index contributed by atoms with van der Waals surface area (Å²) in [5.41, 5.74) is 0.354. The standard InChI is InChI=1S/C7H8FNO2S/c1-2-3-4-5(6(10)11)12-7(8)9-4/h2-3H2,1H3,(H,10,11). The molecule has 0 fully saturated rings. The topological polar surface area (TPSA) is 50.2 Å². The molecule has 1 N–H and O–H groups in total. The highest BCUT2D eigenvalue weighted by Gasteiger charge is 2.15. The minimum atomic E-state index is -1.10. The second-order valence-electron chi connectivity index (χ2n) is 2.30. The van der Waals surface area contributed by atoms with Crippen molar-refractivity contribution in [3.8, 4) is 0 Å². The third-order valence-corrected chi connectivity index (χ3v) is 2.23. The van der Waals surface area contributed by atoms with Gasteiger partial charge in [-0.1, -0.05) is 24.7 Å². The van der Waals surface area contributed by atoms with Crippen LogP contribution in [0.4, 0.5) is 4.39 Å². The van der Waals surface area contributed by atoms with E-state index in [1.54, 1.807) is 0 Å². The lowest BCUT2D eigenvalue weighted by Crippen LogP contribution is -1.98. The Morgan fingerprint density at radius 1 is 1.75 bits per heavy atom. The lowest BCUT2D eigenvalue weighted by atomic mass is 10.2. The van der Waals surface area contributed by atoms with Crippen LogP contribution in [0.5, 0.6) is 0 Å². The highest BCUT2D eigenvalue weighted by molar-refractivity contribution is 7.12. The third kappa shape index (κ3) is 1.79. The largest absolute Gasteiger partial charge is 0.477 e. The van der Waals surface area contributed by atoms with Crippen LogP contribution in [0, 0.1) is 5.26 Å². The molecule has 0 aliphatic heterocycles. The molecular weight excluding hydrogens is 181 g/mol. The normalized spacial score (nSPS) is 10.2. The van der Waals surface area contributed by atoms with Crippen LogP contribution in [0.15, 0.2) is 0 Å². The number of nitrogens with zero attached hydrogens (tertiary/aromatic N) is 1. The maximum absolute atomic E-state index is 12.5. The van der Waals surface area contributed by atoms with Crippen molar-refractivity contribution in [2.75, 3.05) is 0 Å². The van der Waals surface area contributed by atoms with E-state index in [1.807, 2.05) is 6.92 Å². The molecule has 0 bridgehead atoms. The fraction of sp³-hybridized carbons (Fsp3) is 0.429. The van der Waals surface area contributed by atoms with Gasteiger partial charge in [0.2, 0.25) is 0 Å². The Labute approximate surface area is 72.9 Å². The van der Waals surface area contributed by atoms with Crippen LogP contribution in [0.1, 0.15) is 28.7 Å². The molecule has 0 aliphatic carbocycles. The first-order chi connectivity index (χ1) is 5.65. The number of aromatic carboxylic acids is 1. The number of carbonyl (C=O) groups is 1. The molecular formula is C7H8FNO2S. The van der Waals surface area contributed by atoms with E-state index in [-0.39, 0.29) is 4.88 Å². The van der Waals surface area contributed by atoms with Gasteiger partial charge in [0.25, 0.3) is 5.26 Å². The van der Waals surface area contributed by atoms with Gasteiger partial charge in [-0.3, -0.25) is 0 Å². The van der Waals surface area contributed by atoms with Gasteiger partial charge in [-0.05, 0) is 6.42 Å². The molecule has 1 aromatic heterocycles. The number of carboxylic acids is 1. The summed E-state index contributed by atoms with van der Waals surface area (Å²) >= 11 is 0.585. The third-order valence-electron chi connectivity index (χ3n) is 1.35. The average molecular weight is 189 g/mol. The quantitative estimate of drug-likeness (QED) is 0.790. The van der Waals surface area contributed by atoms with Gasteiger partial charge in [0.15, 0.2) is 0 Å². The molecule has 3 nitrogen and oxygen atoms in total. The number of carboxylic acid groups (broad SMARTS) is 1. The van der Waals surface area contributed by atoms with Crippen molar-refractivity contribution in [2.24, 2.45) is 0 Å². The van der Waals surface area contributed by atoms with Crippen molar-refractivity contribution >= 4 is 17.3 Å². The van der Waals surface area contributed by atoms with Crippen molar-refractivity contribution in [1.82, 2.24) is 4.98 Å². The summed E-state index contributed by atoms with van der Waals surface area (Å²) in [6.07, 6.45) is 1.28. The molecule has 0 radical (unpaired) electrons. The van der Waals surface area contributed by atoms with Crippen LogP contribution in [0.25, 0.3) is 0 Å². The fourth-order valence-electron chi connectivity index (χ4n) is 0.896. The minimum Gasteiger partial charge on any atom is -0.477 e. The molecule has 1 aromatic rings. The molecule has 0 spiro atoms. The van der Waals surface area contributed by atoms with Crippen molar-refractivity contribution < 1.29 is 14.3 Å². The van der Waals surface area contributed by atoms with Gasteiger partial charge in [-0.15, -0.1) is 0 Å². The first-order valence-electron chi connectivity index (χ1n) is 3.53. The van der Waals surface area contributed by atoms with Gasteiger partial charge in [0.1, 0.15) is 4.88 Å². The first kappa shape index (κ1) is 9.12. The van der Waals surface area contributed by atoms with Crippen molar-refractivity contribution in [1.29, 1.82) is 0 Å². The average Bonchev–Trinajstić information content (AvgIpc) is 2.32. The lowest BCUT2D eigenvalue weighted by Gasteiger charge is -1.92. The highest BCUT2D eigenvalue weighted by atomic mass is 32.1. The number of thiazole rings is 1. The molecule has 0 saturated heterocycles. The molecule has 0 aliphatic rings. The Balaban J connectivity index is 2.99. The number of aromatic nitrogens is 1. The maximum Gasteiger partial charge on any atom is 0.347 e. The zero-order valence-electron chi connectivity index (χ0n) is 6.50. The van der Waals surface area contributed by atoms with Crippen LogP contribution < -0.4 is 0 Å². The summed E-state index contributed by atoms with van der Waals surface area (Å²) in [6, 6.07) is 0. The molecule has 0 aromatic carbocycles. The molecule has 66 valence electrons. The van der Waals surface area contributed by atoms with Crippen LogP contribution in [-0.2, 0) is 6.42 Å². The van der Waals surface area contributed by atoms with Crippen molar-refractivity contribution in [3.63, 3.8) is 0 Å². The fourth-order valence-corrected chi connectivity index (χ4v) is 1.57. The molecule has 1 heterocycles. The van der Waals surface area contributed by atoms with E-state index in [2.05, 4.69) is 4.98 Å². The predicted octanol–water partition coefficient (Wildman–Crippen LogP) is 1.93. The number of hydrogen-bond acceptors (Lipinski definition) is 3. The summed E-state index contributed by atoms with van der Waals surface area (Å²) in [5, 5.41) is 7.94. The first-order valence-corrected chi connectivity index (χ1v) is 4.35. The number of halogens is 1. The van der Waals surface area contributed by atoms with Crippen LogP contribution in [0.2, 0.25) is 0 Å². The molecule has 0 saturated carbocycles. The van der Waals surface area contributed by atoms with Crippen LogP contribution >= 0.6 is 11.3 Å². The van der Waals surface area contributed by atoms with Gasteiger partial charge < -0.3 is 5.11 Å². The van der Waals surface area contributed by atoms with Gasteiger partial charge in [-0.2, -0.15) is 4.39 Å². The summed E-state index contributed by atoms with van der Waals surface area (Å²) in [6.45, 7) is 1.89. The zero-order chi connectivity index (χ0) is 9.14. The Kier molecular flexibility index (Phi) is 2.75. The summed E-state index contributed by atoms with van der Waals surface area (Å²) in [5.74, 6) is -1.10. The molecule has 5 heteroatoms. The second-order valence-corrected chi connectivity index (χ2v) is 3.25. The smallest absolute Gasteiger partial charge is 0.347 e. The number of aryl methyl sites for hydroxylation is 1. The van der Waals surface area contributed by atoms with E-state index in [4.69, 9.17) is 5.11 Å². The highest BCUT2D eigenvalue weighted by Crippen LogP contribution is 2.18.